The maximum absolute atomic E-state index is 7.07. The standard InChI is InChI=1S/C76H74N4OSi4/c1-76(2,3)53-37-38-77-73(46-53)80-66-34-29-50(51-30-35-69-71(44-51)84(8,9)41-39-82(69,4)5)43-65(66)62-33-32-56(48-68(62)80)81-55-20-16-19-54(47-55)78-49-79-74-57(52-31-36-70-72(45-52)85(10,11)42-40-83(70,6)7)25-17-26-63(74)60-23-14-12-21-58(60)59-22-13-15-24-61(59)64-27-18-28-67(78)75(64)79/h12-38,43-48H,39-42H2,1-11H3. The SMILES string of the molecule is CC(C)(C)c1ccnc(-n2c3ccc(-c4ccc5c(c4)[Si](C)(C)CC[Si]5(C)C)cc3c3ccc(Oc4cccc(-n5[c-][n+]6c7c(cccc75)-c5ccccc5-c5ccccc5-c5cccc(-c7ccc8c(c7)[Si](C)(C)CC[Si]8(C)C)c5-6)c4)cc32)c1. The van der Waals surface area contributed by atoms with Crippen molar-refractivity contribution in [1.29, 1.82) is 0 Å². The zero-order chi connectivity index (χ0) is 58.5. The predicted octanol–water partition coefficient (Wildman–Crippen LogP) is 17.6. The summed E-state index contributed by atoms with van der Waals surface area (Å²) in [6.07, 6.45) is 6.02. The van der Waals surface area contributed by atoms with E-state index in [1.54, 1.807) is 20.7 Å². The summed E-state index contributed by atoms with van der Waals surface area (Å²) in [6, 6.07) is 78.8. The topological polar surface area (TPSA) is 35.9 Å². The summed E-state index contributed by atoms with van der Waals surface area (Å²) in [4.78, 5) is 5.09. The third kappa shape index (κ3) is 8.78. The van der Waals surface area contributed by atoms with Crippen molar-refractivity contribution in [3.63, 3.8) is 0 Å². The number of hydrogen-bond donors (Lipinski definition) is 0. The Morgan fingerprint density at radius 3 is 1.66 bits per heavy atom. The normalized spacial score (nSPS) is 16.1. The second-order valence-corrected chi connectivity index (χ2v) is 47.5. The van der Waals surface area contributed by atoms with Gasteiger partial charge in [-0.25, -0.2) is 4.98 Å². The van der Waals surface area contributed by atoms with Crippen LogP contribution in [0.2, 0.25) is 76.6 Å². The van der Waals surface area contributed by atoms with Gasteiger partial charge in [-0.2, -0.15) is 0 Å². The third-order valence-corrected chi connectivity index (χ3v) is 34.9. The Morgan fingerprint density at radius 2 is 0.976 bits per heavy atom. The maximum Gasteiger partial charge on any atom is 0.269 e. The molecule has 0 saturated heterocycles. The molecule has 0 N–H and O–H groups in total. The van der Waals surface area contributed by atoms with Gasteiger partial charge >= 0.3 is 0 Å². The molecule has 0 amide bonds. The number of fused-ring (bicyclic) bond motifs is 12. The summed E-state index contributed by atoms with van der Waals surface area (Å²) >= 11 is 0. The number of imidazole rings is 1. The number of aromatic nitrogens is 4. The molecule has 0 bridgehead atoms. The molecule has 0 spiro atoms. The van der Waals surface area contributed by atoms with Crippen molar-refractivity contribution in [1.82, 2.24) is 14.1 Å². The number of hydrogen-bond acceptors (Lipinski definition) is 2. The van der Waals surface area contributed by atoms with Gasteiger partial charge in [0.1, 0.15) is 17.3 Å². The highest BCUT2D eigenvalue weighted by molar-refractivity contribution is 7.04. The van der Waals surface area contributed by atoms with Gasteiger partial charge < -0.3 is 4.74 Å². The van der Waals surface area contributed by atoms with Gasteiger partial charge in [-0.05, 0) is 121 Å². The Hall–Kier alpha value is -7.93. The molecule has 9 aromatic carbocycles. The molecule has 0 fully saturated rings. The fraction of sp³-hybridized carbons (Fsp3) is 0.211. The molecule has 3 aromatic heterocycles. The third-order valence-electron chi connectivity index (χ3n) is 19.9. The molecule has 0 atom stereocenters. The Balaban J connectivity index is 0.883. The number of para-hydroxylation sites is 2. The Labute approximate surface area is 505 Å². The first-order chi connectivity index (χ1) is 40.7. The van der Waals surface area contributed by atoms with Crippen molar-refractivity contribution in [3.8, 4) is 84.3 Å². The van der Waals surface area contributed by atoms with Crippen molar-refractivity contribution < 1.29 is 9.30 Å². The van der Waals surface area contributed by atoms with Crippen molar-refractivity contribution in [2.24, 2.45) is 0 Å². The zero-order valence-corrected chi connectivity index (χ0v) is 55.1. The average molecular weight is 1170 g/mol. The summed E-state index contributed by atoms with van der Waals surface area (Å²) in [6.45, 7) is 27.4. The van der Waals surface area contributed by atoms with E-state index in [0.717, 1.165) is 56.3 Å². The smallest absolute Gasteiger partial charge is 0.269 e. The number of pyridine rings is 1. The minimum atomic E-state index is -1.68. The first-order valence-corrected chi connectivity index (χ1v) is 43.5. The summed E-state index contributed by atoms with van der Waals surface area (Å²) in [5, 5.41) is 9.02. The van der Waals surface area contributed by atoms with Gasteiger partial charge in [-0.15, -0.1) is 0 Å². The summed E-state index contributed by atoms with van der Waals surface area (Å²) < 4.78 is 14.1. The zero-order valence-electron chi connectivity index (χ0n) is 51.1. The average Bonchev–Trinajstić information content (AvgIpc) is 2.22. The lowest BCUT2D eigenvalue weighted by Gasteiger charge is -2.40. The van der Waals surface area contributed by atoms with Crippen LogP contribution in [0.5, 0.6) is 11.5 Å². The van der Waals surface area contributed by atoms with Gasteiger partial charge in [-0.1, -0.05) is 252 Å². The van der Waals surface area contributed by atoms with Crippen LogP contribution < -0.4 is 30.1 Å². The predicted molar refractivity (Wildman–Crippen MR) is 369 cm³/mol. The van der Waals surface area contributed by atoms with Crippen LogP contribution in [0.15, 0.2) is 200 Å². The molecule has 420 valence electrons. The van der Waals surface area contributed by atoms with E-state index in [0.29, 0.717) is 0 Å². The first-order valence-electron chi connectivity index (χ1n) is 30.7. The lowest BCUT2D eigenvalue weighted by Crippen LogP contribution is -2.63. The highest BCUT2D eigenvalue weighted by Gasteiger charge is 2.41. The molecule has 0 unspecified atom stereocenters. The molecule has 0 aliphatic carbocycles. The van der Waals surface area contributed by atoms with E-state index in [4.69, 9.17) is 9.72 Å². The molecule has 15 rings (SSSR count). The number of benzene rings is 9. The lowest BCUT2D eigenvalue weighted by molar-refractivity contribution is -0.570. The summed E-state index contributed by atoms with van der Waals surface area (Å²) in [5.41, 5.74) is 19.9. The summed E-state index contributed by atoms with van der Waals surface area (Å²) in [7, 11) is -6.27. The fourth-order valence-corrected chi connectivity index (χ4v) is 35.2. The van der Waals surface area contributed by atoms with E-state index in [1.165, 1.54) is 90.6 Å². The van der Waals surface area contributed by atoms with Crippen LogP contribution in [0, 0.1) is 6.33 Å². The molecular formula is C76H74N4OSi4. The van der Waals surface area contributed by atoms with E-state index >= 15 is 0 Å². The van der Waals surface area contributed by atoms with Crippen LogP contribution in [0.3, 0.4) is 0 Å². The van der Waals surface area contributed by atoms with Gasteiger partial charge in [-0.3, -0.25) is 13.7 Å². The highest BCUT2D eigenvalue weighted by Crippen LogP contribution is 2.46. The lowest BCUT2D eigenvalue weighted by atomic mass is 9.88. The molecule has 6 heterocycles. The largest absolute Gasteiger partial charge is 0.458 e. The first kappa shape index (κ1) is 53.8. The second kappa shape index (κ2) is 19.3. The second-order valence-electron chi connectivity index (χ2n) is 28.3. The molecule has 3 aliphatic heterocycles. The minimum absolute atomic E-state index is 0.0524. The van der Waals surface area contributed by atoms with E-state index in [9.17, 15) is 0 Å². The van der Waals surface area contributed by atoms with Crippen molar-refractivity contribution in [2.75, 3.05) is 0 Å². The van der Waals surface area contributed by atoms with E-state index in [2.05, 4.69) is 287 Å². The van der Waals surface area contributed by atoms with Gasteiger partial charge in [0.25, 0.3) is 6.33 Å². The van der Waals surface area contributed by atoms with Gasteiger partial charge in [0.05, 0.1) is 65.7 Å². The fourth-order valence-electron chi connectivity index (χ4n) is 14.7. The monoisotopic (exact) mass is 1170 g/mol. The maximum atomic E-state index is 7.07. The molecule has 12 aromatic rings. The Morgan fingerprint density at radius 1 is 0.435 bits per heavy atom. The molecule has 3 aliphatic rings. The molecule has 9 heteroatoms. The summed E-state index contributed by atoms with van der Waals surface area (Å²) in [5.74, 6) is 2.40. The molecule has 85 heavy (non-hydrogen) atoms. The molecule has 0 radical (unpaired) electrons. The van der Waals surface area contributed by atoms with Gasteiger partial charge in [0, 0.05) is 23.0 Å². The van der Waals surface area contributed by atoms with Crippen LogP contribution in [0.25, 0.3) is 106 Å². The molecule has 5 nitrogen and oxygen atoms in total. The Bertz CT molecular complexity index is 4760. The van der Waals surface area contributed by atoms with Crippen LogP contribution in [0.1, 0.15) is 26.3 Å². The van der Waals surface area contributed by atoms with E-state index in [-0.39, 0.29) is 5.41 Å². The number of rotatable bonds is 6. The van der Waals surface area contributed by atoms with Crippen molar-refractivity contribution >= 4 is 85.9 Å². The highest BCUT2D eigenvalue weighted by atomic mass is 28.3. The number of ether oxygens (including phenoxy) is 1. The van der Waals surface area contributed by atoms with E-state index < -0.39 is 32.3 Å². The van der Waals surface area contributed by atoms with Crippen LogP contribution in [-0.4, -0.2) is 46.4 Å². The van der Waals surface area contributed by atoms with Gasteiger partial charge in [0.15, 0.2) is 0 Å². The molecular weight excluding hydrogens is 1100 g/mol. The van der Waals surface area contributed by atoms with Crippen molar-refractivity contribution in [2.45, 2.75) is 103 Å². The van der Waals surface area contributed by atoms with Crippen LogP contribution >= 0.6 is 0 Å². The van der Waals surface area contributed by atoms with Crippen LogP contribution in [-0.2, 0) is 5.41 Å². The van der Waals surface area contributed by atoms with Crippen LogP contribution in [0.4, 0.5) is 0 Å². The van der Waals surface area contributed by atoms with Gasteiger partial charge in [0.2, 0.25) is 0 Å². The molecule has 0 saturated carbocycles. The van der Waals surface area contributed by atoms with Crippen molar-refractivity contribution in [3.05, 3.63) is 212 Å². The number of nitrogens with zero attached hydrogens (tertiary/aromatic N) is 4. The Kier molecular flexibility index (Phi) is 12.2. The van der Waals surface area contributed by atoms with E-state index in [1.807, 2.05) is 6.20 Å². The quantitative estimate of drug-likeness (QED) is 0.0945. The minimum Gasteiger partial charge on any atom is -0.458 e.